The second kappa shape index (κ2) is 13.9. The minimum Gasteiger partial charge on any atom is -0.478 e. The molecule has 7 heteroatoms. The van der Waals surface area contributed by atoms with Gasteiger partial charge in [0.05, 0.1) is 13.2 Å². The maximum absolute atomic E-state index is 10.8. The fraction of sp³-hybridized carbons (Fsp3) is 0.545. The van der Waals surface area contributed by atoms with Crippen LogP contribution in [0.2, 0.25) is 36.3 Å². The Kier molecular flexibility index (Phi) is 12.0. The third-order valence-corrected chi connectivity index (χ3v) is 18.7. The summed E-state index contributed by atoms with van der Waals surface area (Å²) in [5, 5.41) is 11.4. The van der Waals surface area contributed by atoms with Gasteiger partial charge in [-0.1, -0.05) is 78.8 Å². The number of thiophene rings is 1. The Morgan fingerprint density at radius 2 is 1.43 bits per heavy atom. The molecule has 0 radical (unpaired) electrons. The molecule has 222 valence electrons. The predicted octanol–water partition coefficient (Wildman–Crippen LogP) is 10.0. The van der Waals surface area contributed by atoms with Crippen molar-refractivity contribution in [3.8, 4) is 0 Å². The molecule has 4 nitrogen and oxygen atoms in total. The second-order valence-corrected chi connectivity index (χ2v) is 24.3. The van der Waals surface area contributed by atoms with Crippen LogP contribution in [0.4, 0.5) is 0 Å². The highest BCUT2D eigenvalue weighted by Crippen LogP contribution is 2.39. The lowest BCUT2D eigenvalue weighted by molar-refractivity contribution is -0.131. The van der Waals surface area contributed by atoms with Gasteiger partial charge in [-0.15, -0.1) is 11.3 Å². The number of hydrogen-bond acceptors (Lipinski definition) is 4. The number of rotatable bonds is 13. The Balaban J connectivity index is 2.23. The Morgan fingerprint density at radius 3 is 1.95 bits per heavy atom. The number of hydrogen-bond donors (Lipinski definition) is 1. The summed E-state index contributed by atoms with van der Waals surface area (Å²) in [5.74, 6) is -0.926. The topological polar surface area (TPSA) is 55.8 Å². The predicted molar refractivity (Wildman–Crippen MR) is 177 cm³/mol. The number of aliphatic carboxylic acids is 1. The lowest BCUT2D eigenvalue weighted by Crippen LogP contribution is -2.41. The molecule has 0 unspecified atom stereocenters. The van der Waals surface area contributed by atoms with E-state index in [9.17, 15) is 4.79 Å². The highest BCUT2D eigenvalue weighted by Gasteiger charge is 2.38. The van der Waals surface area contributed by atoms with E-state index in [1.807, 2.05) is 6.08 Å². The Hall–Kier alpha value is -1.78. The van der Waals surface area contributed by atoms with E-state index in [0.717, 1.165) is 24.8 Å². The van der Waals surface area contributed by atoms with Gasteiger partial charge in [-0.3, -0.25) is 0 Å². The van der Waals surface area contributed by atoms with Crippen LogP contribution in [0.3, 0.4) is 0 Å². The Morgan fingerprint density at radius 1 is 0.875 bits per heavy atom. The molecule has 2 aromatic rings. The Labute approximate surface area is 249 Å². The minimum absolute atomic E-state index is 0.161. The molecule has 0 fully saturated rings. The lowest BCUT2D eigenvalue weighted by atomic mass is 10.00. The van der Waals surface area contributed by atoms with Gasteiger partial charge in [0.2, 0.25) is 0 Å². The van der Waals surface area contributed by atoms with E-state index in [0.29, 0.717) is 13.2 Å². The molecule has 40 heavy (non-hydrogen) atoms. The minimum atomic E-state index is -1.89. The van der Waals surface area contributed by atoms with Gasteiger partial charge in [0.25, 0.3) is 0 Å². The van der Waals surface area contributed by atoms with Crippen molar-refractivity contribution in [2.24, 2.45) is 0 Å². The molecule has 0 bridgehead atoms. The molecule has 1 heterocycles. The summed E-state index contributed by atoms with van der Waals surface area (Å²) in [5.41, 5.74) is 6.26. The molecular formula is C33H52O4SSi2. The molecule has 0 amide bonds. The van der Waals surface area contributed by atoms with Gasteiger partial charge in [0.1, 0.15) is 0 Å². The van der Waals surface area contributed by atoms with Gasteiger partial charge < -0.3 is 14.0 Å². The van der Waals surface area contributed by atoms with Gasteiger partial charge in [-0.2, -0.15) is 0 Å². The molecule has 2 rings (SSSR count). The number of allylic oxidation sites excluding steroid dienone is 3. The van der Waals surface area contributed by atoms with Crippen molar-refractivity contribution in [2.45, 2.75) is 117 Å². The van der Waals surface area contributed by atoms with Gasteiger partial charge in [-0.05, 0) is 94.8 Å². The number of carboxylic acids is 1. The van der Waals surface area contributed by atoms with Crippen LogP contribution >= 0.6 is 11.3 Å². The largest absolute Gasteiger partial charge is 0.478 e. The monoisotopic (exact) mass is 600 g/mol. The summed E-state index contributed by atoms with van der Waals surface area (Å²) in [6.07, 6.45) is 7.47. The molecule has 0 aliphatic rings. The van der Waals surface area contributed by atoms with E-state index in [1.165, 1.54) is 33.2 Å². The third kappa shape index (κ3) is 9.95. The van der Waals surface area contributed by atoms with Gasteiger partial charge >= 0.3 is 5.97 Å². The SMILES string of the molecule is CC/C(=C\C=C\C(=O)O)c1cc(CCc2ccc(CO[Si](C)(C)C(C)(C)C)c(CO[Si](C)(C)C(C)(C)C)c2)cs1. The van der Waals surface area contributed by atoms with Crippen LogP contribution in [-0.2, 0) is 39.7 Å². The number of carbonyl (C=O) groups is 1. The maximum atomic E-state index is 10.8. The van der Waals surface area contributed by atoms with Crippen LogP contribution in [-0.4, -0.2) is 27.7 Å². The fourth-order valence-electron chi connectivity index (χ4n) is 3.64. The van der Waals surface area contributed by atoms with Crippen molar-refractivity contribution in [3.05, 3.63) is 75.0 Å². The summed E-state index contributed by atoms with van der Waals surface area (Å²) < 4.78 is 13.3. The molecule has 0 saturated heterocycles. The zero-order valence-electron chi connectivity index (χ0n) is 26.7. The average Bonchev–Trinajstić information content (AvgIpc) is 3.30. The van der Waals surface area contributed by atoms with E-state index in [4.69, 9.17) is 14.0 Å². The van der Waals surface area contributed by atoms with Gasteiger partial charge in [0.15, 0.2) is 16.6 Å². The zero-order chi connectivity index (χ0) is 30.4. The molecule has 0 aliphatic carbocycles. The van der Waals surface area contributed by atoms with Crippen LogP contribution < -0.4 is 0 Å². The van der Waals surface area contributed by atoms with E-state index in [-0.39, 0.29) is 10.1 Å². The van der Waals surface area contributed by atoms with Crippen LogP contribution in [0, 0.1) is 0 Å². The fourth-order valence-corrected chi connectivity index (χ4v) is 6.59. The van der Waals surface area contributed by atoms with Crippen molar-refractivity contribution in [1.82, 2.24) is 0 Å². The molecule has 0 aliphatic heterocycles. The van der Waals surface area contributed by atoms with Crippen LogP contribution in [0.1, 0.15) is 82.0 Å². The first-order chi connectivity index (χ1) is 18.4. The molecular weight excluding hydrogens is 549 g/mol. The number of benzene rings is 1. The van der Waals surface area contributed by atoms with Crippen LogP contribution in [0.5, 0.6) is 0 Å². The van der Waals surface area contributed by atoms with Gasteiger partial charge in [-0.25, -0.2) is 4.79 Å². The molecule has 1 aromatic carbocycles. The first kappa shape index (κ1) is 34.4. The van der Waals surface area contributed by atoms with Crippen molar-refractivity contribution >= 4 is 39.5 Å². The highest BCUT2D eigenvalue weighted by molar-refractivity contribution is 7.11. The summed E-state index contributed by atoms with van der Waals surface area (Å²) in [6.45, 7) is 26.3. The van der Waals surface area contributed by atoms with Crippen LogP contribution in [0.25, 0.3) is 5.57 Å². The Bertz CT molecular complexity index is 1190. The lowest BCUT2D eigenvalue weighted by Gasteiger charge is -2.37. The summed E-state index contributed by atoms with van der Waals surface area (Å²) >= 11 is 1.73. The van der Waals surface area contributed by atoms with E-state index >= 15 is 0 Å². The van der Waals surface area contributed by atoms with Crippen molar-refractivity contribution in [2.75, 3.05) is 0 Å². The molecule has 0 saturated carbocycles. The summed E-state index contributed by atoms with van der Waals surface area (Å²) in [4.78, 5) is 12.0. The third-order valence-electron chi connectivity index (χ3n) is 8.65. The molecule has 1 aromatic heterocycles. The average molecular weight is 601 g/mol. The van der Waals surface area contributed by atoms with Crippen molar-refractivity contribution < 1.29 is 18.8 Å². The molecule has 0 spiro atoms. The summed E-state index contributed by atoms with van der Waals surface area (Å²) in [7, 11) is -3.76. The second-order valence-electron chi connectivity index (χ2n) is 13.8. The zero-order valence-corrected chi connectivity index (χ0v) is 29.6. The van der Waals surface area contributed by atoms with Crippen LogP contribution in [0.15, 0.2) is 47.9 Å². The quantitative estimate of drug-likeness (QED) is 0.141. The van der Waals surface area contributed by atoms with E-state index in [1.54, 1.807) is 17.4 Å². The number of aryl methyl sites for hydroxylation is 2. The number of carboxylic acid groups (broad SMARTS) is 1. The highest BCUT2D eigenvalue weighted by atomic mass is 32.1. The molecule has 1 N–H and O–H groups in total. The van der Waals surface area contributed by atoms with E-state index in [2.05, 4.69) is 104 Å². The summed E-state index contributed by atoms with van der Waals surface area (Å²) in [6, 6.07) is 9.08. The van der Waals surface area contributed by atoms with Crippen molar-refractivity contribution in [1.29, 1.82) is 0 Å². The standard InChI is InChI=1S/C33H52O4SSi2/c1-12-27(14-13-15-31(34)35)30-21-26(24-38-30)17-16-25-18-19-28(22-36-39(8,9)32(2,3)4)29(20-25)23-37-40(10,11)33(5,6)7/h13-15,18-21,24H,12,16-17,22-23H2,1-11H3,(H,34,35)/b15-13+,27-14+. The van der Waals surface area contributed by atoms with Gasteiger partial charge in [0, 0.05) is 11.0 Å². The first-order valence-corrected chi connectivity index (χ1v) is 21.1. The molecule has 0 atom stereocenters. The van der Waals surface area contributed by atoms with E-state index < -0.39 is 22.6 Å². The smallest absolute Gasteiger partial charge is 0.328 e. The van der Waals surface area contributed by atoms with Crippen molar-refractivity contribution in [3.63, 3.8) is 0 Å². The maximum Gasteiger partial charge on any atom is 0.328 e. The normalized spacial score (nSPS) is 13.8. The first-order valence-electron chi connectivity index (χ1n) is 14.4.